The predicted octanol–water partition coefficient (Wildman–Crippen LogP) is 7.94. The topological polar surface area (TPSA) is 19.6 Å². The van der Waals surface area contributed by atoms with Crippen LogP contribution in [0.2, 0.25) is 0 Å². The lowest BCUT2D eigenvalue weighted by molar-refractivity contribution is 0.195. The summed E-state index contributed by atoms with van der Waals surface area (Å²) in [5, 5.41) is 0. The molecule has 0 amide bonds. The van der Waals surface area contributed by atoms with E-state index in [0.717, 1.165) is 17.3 Å². The fourth-order valence-electron chi connectivity index (χ4n) is 10.1. The average molecular weight is 559 g/mol. The smallest absolute Gasteiger partial charge is 0.256 e. The Morgan fingerprint density at radius 1 is 0.698 bits per heavy atom. The third kappa shape index (κ3) is 2.59. The van der Waals surface area contributed by atoms with Crippen LogP contribution in [-0.2, 0) is 10.8 Å². The third-order valence-corrected chi connectivity index (χ3v) is 12.2. The molecule has 0 spiro atoms. The van der Waals surface area contributed by atoms with Crippen molar-refractivity contribution in [1.82, 2.24) is 0 Å². The molecule has 1 fully saturated rings. The van der Waals surface area contributed by atoms with Crippen molar-refractivity contribution in [1.29, 1.82) is 0 Å². The number of furan rings is 1. The van der Waals surface area contributed by atoms with Crippen molar-refractivity contribution >= 4 is 51.7 Å². The van der Waals surface area contributed by atoms with Crippen molar-refractivity contribution in [2.75, 3.05) is 9.80 Å². The Bertz CT molecular complexity index is 2020. The number of para-hydroxylation sites is 2. The van der Waals surface area contributed by atoms with Gasteiger partial charge in [-0.25, -0.2) is 0 Å². The Morgan fingerprint density at radius 2 is 1.42 bits per heavy atom. The Hall–Kier alpha value is -4.18. The lowest BCUT2D eigenvalue weighted by Gasteiger charge is -2.52. The van der Waals surface area contributed by atoms with Crippen molar-refractivity contribution in [3.05, 3.63) is 108 Å². The summed E-state index contributed by atoms with van der Waals surface area (Å²) in [4.78, 5) is 5.20. The zero-order valence-corrected chi connectivity index (χ0v) is 25.4. The predicted molar refractivity (Wildman–Crippen MR) is 178 cm³/mol. The van der Waals surface area contributed by atoms with Gasteiger partial charge >= 0.3 is 0 Å². The summed E-state index contributed by atoms with van der Waals surface area (Å²) in [6.07, 6.45) is 5.03. The van der Waals surface area contributed by atoms with Gasteiger partial charge in [-0.1, -0.05) is 100 Å². The van der Waals surface area contributed by atoms with Gasteiger partial charge in [0.25, 0.3) is 6.71 Å². The van der Waals surface area contributed by atoms with Crippen LogP contribution in [-0.4, -0.2) is 12.3 Å². The van der Waals surface area contributed by atoms with Gasteiger partial charge in [0.15, 0.2) is 0 Å². The number of anilines is 5. The first kappa shape index (κ1) is 24.3. The molecule has 10 rings (SSSR count). The Balaban J connectivity index is 1.36. The first-order chi connectivity index (χ1) is 20.9. The van der Waals surface area contributed by atoms with E-state index >= 15 is 0 Å². The number of fused-ring (bicyclic) bond motifs is 11. The molecule has 0 N–H and O–H groups in total. The van der Waals surface area contributed by atoms with Gasteiger partial charge in [0.1, 0.15) is 5.76 Å². The summed E-state index contributed by atoms with van der Waals surface area (Å²) >= 11 is 0. The van der Waals surface area contributed by atoms with Crippen molar-refractivity contribution in [2.45, 2.75) is 69.7 Å². The minimum atomic E-state index is -0.168. The minimum absolute atomic E-state index is 0.0372. The van der Waals surface area contributed by atoms with Gasteiger partial charge in [-0.15, -0.1) is 0 Å². The van der Waals surface area contributed by atoms with Gasteiger partial charge in [-0.05, 0) is 71.5 Å². The van der Waals surface area contributed by atoms with E-state index in [1.807, 2.05) is 0 Å². The summed E-state index contributed by atoms with van der Waals surface area (Å²) in [6.45, 7) is 10.00. The standard InChI is InChI=1S/C39H35BN2O/c1-37(2)26-17-9-8-16-25(26)35-31(37)33-36(43-35)41(24-14-6-5-7-15-24)29-20-13-21-30-32(29)40(33)28-19-12-18-27-34(28)42(30)39(4)23-11-10-22-38(27,39)3/h5-9,12-21H,10-11,22-23H2,1-4H3. The third-order valence-electron chi connectivity index (χ3n) is 12.2. The second-order valence-corrected chi connectivity index (χ2v) is 14.4. The summed E-state index contributed by atoms with van der Waals surface area (Å²) in [7, 11) is 0. The van der Waals surface area contributed by atoms with Crippen LogP contribution in [0.15, 0.2) is 95.4 Å². The molecule has 2 atom stereocenters. The van der Waals surface area contributed by atoms with E-state index in [2.05, 4.69) is 128 Å². The van der Waals surface area contributed by atoms with Crippen LogP contribution >= 0.6 is 0 Å². The van der Waals surface area contributed by atoms with E-state index in [0.29, 0.717) is 0 Å². The highest BCUT2D eigenvalue weighted by Crippen LogP contribution is 2.62. The van der Waals surface area contributed by atoms with E-state index < -0.39 is 0 Å². The van der Waals surface area contributed by atoms with Crippen LogP contribution in [0.25, 0.3) is 11.3 Å². The summed E-state index contributed by atoms with van der Waals surface area (Å²) < 4.78 is 7.16. The number of hydrogen-bond acceptors (Lipinski definition) is 3. The van der Waals surface area contributed by atoms with Crippen LogP contribution in [0, 0.1) is 0 Å². The summed E-state index contributed by atoms with van der Waals surface area (Å²) in [5.74, 6) is 2.02. The molecule has 210 valence electrons. The van der Waals surface area contributed by atoms with Crippen LogP contribution in [0.5, 0.6) is 0 Å². The van der Waals surface area contributed by atoms with Crippen molar-refractivity contribution < 1.29 is 4.42 Å². The largest absolute Gasteiger partial charge is 0.440 e. The number of benzene rings is 4. The average Bonchev–Trinajstić information content (AvgIpc) is 3.60. The molecule has 0 bridgehead atoms. The lowest BCUT2D eigenvalue weighted by atomic mass is 9.33. The van der Waals surface area contributed by atoms with Crippen molar-refractivity contribution in [3.63, 3.8) is 0 Å². The van der Waals surface area contributed by atoms with Crippen LogP contribution in [0.3, 0.4) is 0 Å². The normalized spacial score (nSPS) is 24.6. The molecule has 5 aliphatic rings. The summed E-state index contributed by atoms with van der Waals surface area (Å²) in [5.41, 5.74) is 14.9. The quantitative estimate of drug-likeness (QED) is 0.191. The number of nitrogens with zero attached hydrogens (tertiary/aromatic N) is 2. The fourth-order valence-corrected chi connectivity index (χ4v) is 10.1. The maximum atomic E-state index is 7.16. The first-order valence-electron chi connectivity index (χ1n) is 16.0. The maximum Gasteiger partial charge on any atom is 0.256 e. The lowest BCUT2D eigenvalue weighted by Crippen LogP contribution is -2.65. The molecule has 1 saturated carbocycles. The van der Waals surface area contributed by atoms with Gasteiger partial charge in [0, 0.05) is 44.7 Å². The zero-order chi connectivity index (χ0) is 28.9. The Morgan fingerprint density at radius 3 is 2.28 bits per heavy atom. The van der Waals surface area contributed by atoms with E-state index in [1.165, 1.54) is 81.4 Å². The fraction of sp³-hybridized carbons (Fsp3) is 0.282. The van der Waals surface area contributed by atoms with E-state index in [9.17, 15) is 0 Å². The molecular weight excluding hydrogens is 523 g/mol. The molecular formula is C39H35BN2O. The number of rotatable bonds is 1. The maximum absolute atomic E-state index is 7.16. The molecule has 3 aliphatic heterocycles. The molecule has 5 aromatic rings. The molecule has 1 aromatic heterocycles. The monoisotopic (exact) mass is 558 g/mol. The van der Waals surface area contributed by atoms with Gasteiger partial charge < -0.3 is 9.32 Å². The first-order valence-corrected chi connectivity index (χ1v) is 16.0. The molecule has 2 aliphatic carbocycles. The van der Waals surface area contributed by atoms with Crippen molar-refractivity contribution in [3.8, 4) is 11.3 Å². The van der Waals surface area contributed by atoms with E-state index in [-0.39, 0.29) is 23.1 Å². The highest BCUT2D eigenvalue weighted by Gasteiger charge is 2.62. The molecule has 4 heterocycles. The Labute approximate surface area is 254 Å². The van der Waals surface area contributed by atoms with Crippen LogP contribution in [0.1, 0.15) is 70.1 Å². The molecule has 0 radical (unpaired) electrons. The summed E-state index contributed by atoms with van der Waals surface area (Å²) in [6, 6.07) is 33.9. The van der Waals surface area contributed by atoms with Gasteiger partial charge in [0.05, 0.1) is 5.54 Å². The second-order valence-electron chi connectivity index (χ2n) is 14.4. The number of hydrogen-bond donors (Lipinski definition) is 0. The highest BCUT2D eigenvalue weighted by atomic mass is 16.4. The SMILES string of the molecule is CC1(C)c2ccccc2-c2oc3c(c21)B1c2cccc4c2N(c2cccc(c21)N3c1ccccc1)C1(C)CCCCC41C. The molecule has 2 unspecified atom stereocenters. The Kier molecular flexibility index (Phi) is 4.33. The van der Waals surface area contributed by atoms with Gasteiger partial charge in [0.2, 0.25) is 5.88 Å². The molecule has 43 heavy (non-hydrogen) atoms. The van der Waals surface area contributed by atoms with E-state index in [1.54, 1.807) is 0 Å². The molecule has 4 heteroatoms. The van der Waals surface area contributed by atoms with Crippen LogP contribution in [0.4, 0.5) is 28.6 Å². The molecule has 0 saturated heterocycles. The molecule has 3 nitrogen and oxygen atoms in total. The van der Waals surface area contributed by atoms with Gasteiger partial charge in [-0.2, -0.15) is 0 Å². The van der Waals surface area contributed by atoms with Crippen LogP contribution < -0.4 is 26.2 Å². The van der Waals surface area contributed by atoms with E-state index in [4.69, 9.17) is 4.42 Å². The highest BCUT2D eigenvalue weighted by molar-refractivity contribution is 7.00. The van der Waals surface area contributed by atoms with Gasteiger partial charge in [-0.3, -0.25) is 4.90 Å². The second kappa shape index (κ2) is 7.66. The van der Waals surface area contributed by atoms with Crippen molar-refractivity contribution in [2.24, 2.45) is 0 Å². The zero-order valence-electron chi connectivity index (χ0n) is 25.4. The molecule has 4 aromatic carbocycles. The minimum Gasteiger partial charge on any atom is -0.440 e.